The molecule has 1 saturated carbocycles. The first-order valence-corrected chi connectivity index (χ1v) is 11.2. The molecule has 0 atom stereocenters. The minimum Gasteiger partial charge on any atom is -0.482 e. The van der Waals surface area contributed by atoms with E-state index in [1.807, 2.05) is 12.1 Å². The molecule has 1 aromatic heterocycles. The number of hydrogen-bond donors (Lipinski definition) is 2. The van der Waals surface area contributed by atoms with Gasteiger partial charge in [0, 0.05) is 17.1 Å². The lowest BCUT2D eigenvalue weighted by Crippen LogP contribution is -2.09. The number of fused-ring (bicyclic) bond motifs is 1. The Balaban J connectivity index is 1.56. The molecular formula is C22H21Br2NO4. The normalized spacial score (nSPS) is 14.4. The Labute approximate surface area is 185 Å². The molecule has 2 aromatic carbocycles. The van der Waals surface area contributed by atoms with Gasteiger partial charge >= 0.3 is 5.97 Å². The lowest BCUT2D eigenvalue weighted by molar-refractivity contribution is -0.139. The van der Waals surface area contributed by atoms with Gasteiger partial charge in [-0.2, -0.15) is 0 Å². The van der Waals surface area contributed by atoms with E-state index in [1.165, 1.54) is 36.6 Å². The molecule has 7 heteroatoms. The van der Waals surface area contributed by atoms with Crippen LogP contribution >= 0.6 is 31.9 Å². The van der Waals surface area contributed by atoms with Gasteiger partial charge < -0.3 is 19.6 Å². The monoisotopic (exact) mass is 521 g/mol. The van der Waals surface area contributed by atoms with Gasteiger partial charge in [0.2, 0.25) is 0 Å². The number of H-pyrrole nitrogens is 1. The second kappa shape index (κ2) is 8.79. The van der Waals surface area contributed by atoms with Crippen LogP contribution in [0.15, 0.2) is 45.5 Å². The minimum absolute atomic E-state index is 0.396. The third kappa shape index (κ3) is 4.78. The highest BCUT2D eigenvalue weighted by molar-refractivity contribution is 9.11. The predicted molar refractivity (Wildman–Crippen MR) is 119 cm³/mol. The smallest absolute Gasteiger partial charge is 0.341 e. The highest BCUT2D eigenvalue weighted by Crippen LogP contribution is 2.41. The lowest BCUT2D eigenvalue weighted by atomic mass is 9.98. The van der Waals surface area contributed by atoms with Crippen molar-refractivity contribution in [2.45, 2.75) is 32.1 Å². The molecule has 2 N–H and O–H groups in total. The van der Waals surface area contributed by atoms with Crippen molar-refractivity contribution < 1.29 is 19.4 Å². The number of carbonyl (C=O) groups is 1. The zero-order valence-electron chi connectivity index (χ0n) is 15.7. The molecular weight excluding hydrogens is 502 g/mol. The molecule has 0 saturated heterocycles. The van der Waals surface area contributed by atoms with Crippen molar-refractivity contribution in [3.63, 3.8) is 0 Å². The number of nitrogens with one attached hydrogen (secondary N) is 1. The largest absolute Gasteiger partial charge is 0.482 e. The molecule has 0 unspecified atom stereocenters. The van der Waals surface area contributed by atoms with Gasteiger partial charge in [0.05, 0.1) is 8.95 Å². The van der Waals surface area contributed by atoms with Crippen LogP contribution in [0.4, 0.5) is 0 Å². The number of aromatic nitrogens is 1. The van der Waals surface area contributed by atoms with E-state index in [9.17, 15) is 4.79 Å². The summed E-state index contributed by atoms with van der Waals surface area (Å²) in [6, 6.07) is 9.44. The van der Waals surface area contributed by atoms with Gasteiger partial charge in [-0.05, 0) is 80.1 Å². The molecule has 0 radical (unpaired) electrons. The molecule has 0 aliphatic heterocycles. The second-order valence-electron chi connectivity index (χ2n) is 7.38. The first kappa shape index (κ1) is 20.3. The van der Waals surface area contributed by atoms with Gasteiger partial charge in [0.1, 0.15) is 11.5 Å². The summed E-state index contributed by atoms with van der Waals surface area (Å²) in [5, 5.41) is 9.97. The summed E-state index contributed by atoms with van der Waals surface area (Å²) in [4.78, 5) is 14.1. The number of carboxylic acid groups (broad SMARTS) is 1. The molecule has 0 bridgehead atoms. The highest BCUT2D eigenvalue weighted by atomic mass is 79.9. The summed E-state index contributed by atoms with van der Waals surface area (Å²) in [7, 11) is 0. The number of aromatic amines is 1. The summed E-state index contributed by atoms with van der Waals surface area (Å²) >= 11 is 6.98. The Morgan fingerprint density at radius 1 is 1.10 bits per heavy atom. The van der Waals surface area contributed by atoms with Crippen molar-refractivity contribution in [1.29, 1.82) is 0 Å². The van der Waals surface area contributed by atoms with Crippen LogP contribution in [-0.4, -0.2) is 22.7 Å². The second-order valence-corrected chi connectivity index (χ2v) is 9.09. The SMILES string of the molecule is O=C(O)COc1cc(Br)c(Oc2ccc3[nH]cc(CC4CCCC4)c3c2)c(Br)c1. The average molecular weight is 523 g/mol. The van der Waals surface area contributed by atoms with Crippen LogP contribution in [0.3, 0.4) is 0 Å². The summed E-state index contributed by atoms with van der Waals surface area (Å²) in [5.74, 6) is 1.55. The van der Waals surface area contributed by atoms with Gasteiger partial charge in [0.25, 0.3) is 0 Å². The number of aliphatic carboxylic acids is 1. The third-order valence-electron chi connectivity index (χ3n) is 5.28. The molecule has 4 rings (SSSR count). The van der Waals surface area contributed by atoms with Crippen molar-refractivity contribution in [3.05, 3.63) is 51.0 Å². The molecule has 1 fully saturated rings. The van der Waals surface area contributed by atoms with E-state index in [1.54, 1.807) is 12.1 Å². The molecule has 0 amide bonds. The Hall–Kier alpha value is -1.99. The lowest BCUT2D eigenvalue weighted by Gasteiger charge is -2.13. The van der Waals surface area contributed by atoms with Crippen molar-refractivity contribution in [1.82, 2.24) is 4.98 Å². The van der Waals surface area contributed by atoms with Crippen LogP contribution in [0.5, 0.6) is 17.2 Å². The quantitative estimate of drug-likeness (QED) is 0.363. The van der Waals surface area contributed by atoms with Crippen LogP contribution in [0.2, 0.25) is 0 Å². The average Bonchev–Trinajstić information content (AvgIpc) is 3.33. The number of rotatable bonds is 7. The van der Waals surface area contributed by atoms with Crippen LogP contribution in [0.1, 0.15) is 31.2 Å². The van der Waals surface area contributed by atoms with E-state index >= 15 is 0 Å². The van der Waals surface area contributed by atoms with Gasteiger partial charge in [-0.25, -0.2) is 4.79 Å². The van der Waals surface area contributed by atoms with Crippen LogP contribution < -0.4 is 9.47 Å². The van der Waals surface area contributed by atoms with Crippen molar-refractivity contribution in [3.8, 4) is 17.2 Å². The predicted octanol–water partition coefficient (Wildman–Crippen LogP) is 6.68. The number of benzene rings is 2. The fraction of sp³-hybridized carbons (Fsp3) is 0.318. The zero-order chi connectivity index (χ0) is 20.4. The van der Waals surface area contributed by atoms with E-state index in [-0.39, 0.29) is 0 Å². The van der Waals surface area contributed by atoms with Crippen molar-refractivity contribution >= 4 is 48.7 Å². The van der Waals surface area contributed by atoms with Crippen LogP contribution in [0.25, 0.3) is 10.9 Å². The van der Waals surface area contributed by atoms with Gasteiger partial charge in [-0.15, -0.1) is 0 Å². The molecule has 1 aliphatic rings. The molecule has 3 aromatic rings. The first-order chi connectivity index (χ1) is 14.0. The fourth-order valence-corrected chi connectivity index (χ4v) is 5.20. The zero-order valence-corrected chi connectivity index (χ0v) is 18.9. The molecule has 0 spiro atoms. The van der Waals surface area contributed by atoms with Gasteiger partial charge in [0.15, 0.2) is 12.4 Å². The fourth-order valence-electron chi connectivity index (χ4n) is 3.90. The maximum atomic E-state index is 10.7. The Morgan fingerprint density at radius 2 is 1.83 bits per heavy atom. The van der Waals surface area contributed by atoms with Crippen molar-refractivity contribution in [2.24, 2.45) is 5.92 Å². The topological polar surface area (TPSA) is 71.6 Å². The van der Waals surface area contributed by atoms with Crippen molar-refractivity contribution in [2.75, 3.05) is 6.61 Å². The van der Waals surface area contributed by atoms with Gasteiger partial charge in [-0.1, -0.05) is 25.7 Å². The summed E-state index contributed by atoms with van der Waals surface area (Å²) in [6.07, 6.45) is 8.54. The summed E-state index contributed by atoms with van der Waals surface area (Å²) in [5.41, 5.74) is 2.45. The molecule has 5 nitrogen and oxygen atoms in total. The number of ether oxygens (including phenoxy) is 2. The highest BCUT2D eigenvalue weighted by Gasteiger charge is 2.18. The van der Waals surface area contributed by atoms with E-state index < -0.39 is 12.6 Å². The van der Waals surface area contributed by atoms with Crippen LogP contribution in [-0.2, 0) is 11.2 Å². The Morgan fingerprint density at radius 3 is 2.52 bits per heavy atom. The molecule has 1 heterocycles. The summed E-state index contributed by atoms with van der Waals surface area (Å²) < 4.78 is 12.7. The van der Waals surface area contributed by atoms with Crippen LogP contribution in [0, 0.1) is 5.92 Å². The number of halogens is 2. The molecule has 1 aliphatic carbocycles. The van der Waals surface area contributed by atoms with E-state index in [4.69, 9.17) is 14.6 Å². The third-order valence-corrected chi connectivity index (χ3v) is 6.45. The minimum atomic E-state index is -1.02. The molecule has 152 valence electrons. The maximum absolute atomic E-state index is 10.7. The Bertz CT molecular complexity index is 1020. The van der Waals surface area contributed by atoms with Gasteiger partial charge in [-0.3, -0.25) is 0 Å². The summed E-state index contributed by atoms with van der Waals surface area (Å²) in [6.45, 7) is -0.396. The standard InChI is InChI=1S/C22H21Br2NO4/c23-18-9-16(28-12-21(26)27)10-19(24)22(18)29-15-5-6-20-17(8-15)14(11-25-20)7-13-3-1-2-4-13/h5-6,8-11,13,25H,1-4,7,12H2,(H,26,27). The van der Waals surface area contributed by atoms with E-state index in [0.29, 0.717) is 20.4 Å². The molecule has 29 heavy (non-hydrogen) atoms. The number of hydrogen-bond acceptors (Lipinski definition) is 3. The number of carboxylic acids is 1. The van der Waals surface area contributed by atoms with E-state index in [2.05, 4.69) is 49.1 Å². The first-order valence-electron chi connectivity index (χ1n) is 9.61. The maximum Gasteiger partial charge on any atom is 0.341 e. The Kier molecular flexibility index (Phi) is 6.15. The van der Waals surface area contributed by atoms with E-state index in [0.717, 1.165) is 23.6 Å².